The monoisotopic (exact) mass is 362 g/mol. The van der Waals surface area contributed by atoms with Gasteiger partial charge in [-0.3, -0.25) is 9.36 Å². The maximum absolute atomic E-state index is 12.5. The highest BCUT2D eigenvalue weighted by Gasteiger charge is 2.16. The second kappa shape index (κ2) is 9.46. The summed E-state index contributed by atoms with van der Waals surface area (Å²) in [5.41, 5.74) is 0.956. The Morgan fingerprint density at radius 1 is 1.16 bits per heavy atom. The van der Waals surface area contributed by atoms with Crippen molar-refractivity contribution in [1.29, 1.82) is 0 Å². The molecule has 0 aliphatic heterocycles. The zero-order valence-corrected chi connectivity index (χ0v) is 16.2. The van der Waals surface area contributed by atoms with E-state index in [0.717, 1.165) is 48.3 Å². The van der Waals surface area contributed by atoms with E-state index in [-0.39, 0.29) is 5.91 Å². The fraction of sp³-hybridized carbons (Fsp3) is 0.500. The zero-order chi connectivity index (χ0) is 18.2. The van der Waals surface area contributed by atoms with E-state index in [0.29, 0.717) is 5.75 Å². The van der Waals surface area contributed by atoms with Crippen molar-refractivity contribution in [3.05, 3.63) is 30.1 Å². The molecule has 0 N–H and O–H groups in total. The molecule has 2 rings (SSSR count). The van der Waals surface area contributed by atoms with Crippen LogP contribution in [0, 0.1) is 6.92 Å². The van der Waals surface area contributed by atoms with Crippen LogP contribution in [0.1, 0.15) is 32.5 Å². The van der Waals surface area contributed by atoms with Gasteiger partial charge in [0.2, 0.25) is 5.91 Å². The third-order valence-electron chi connectivity index (χ3n) is 3.79. The molecule has 2 aromatic rings. The molecule has 1 heterocycles. The molecule has 0 fully saturated rings. The molecule has 0 bridgehead atoms. The number of carbonyl (C=O) groups excluding carboxylic acids is 1. The number of aryl methyl sites for hydroxylation is 1. The minimum atomic E-state index is 0.149. The van der Waals surface area contributed by atoms with Gasteiger partial charge in [-0.15, -0.1) is 10.2 Å². The molecule has 6 nitrogen and oxygen atoms in total. The smallest absolute Gasteiger partial charge is 0.233 e. The predicted octanol–water partition coefficient (Wildman–Crippen LogP) is 3.33. The van der Waals surface area contributed by atoms with Crippen molar-refractivity contribution in [1.82, 2.24) is 19.7 Å². The molecule has 0 radical (unpaired) electrons. The van der Waals surface area contributed by atoms with Crippen molar-refractivity contribution in [2.75, 3.05) is 26.0 Å². The lowest BCUT2D eigenvalue weighted by molar-refractivity contribution is -0.128. The number of hydrogen-bond donors (Lipinski definition) is 0. The van der Waals surface area contributed by atoms with E-state index < -0.39 is 0 Å². The van der Waals surface area contributed by atoms with Gasteiger partial charge in [-0.05, 0) is 44.0 Å². The van der Waals surface area contributed by atoms with Crippen LogP contribution < -0.4 is 4.74 Å². The highest BCUT2D eigenvalue weighted by molar-refractivity contribution is 7.99. The first kappa shape index (κ1) is 19.3. The number of carbonyl (C=O) groups is 1. The van der Waals surface area contributed by atoms with Gasteiger partial charge in [0, 0.05) is 18.8 Å². The second-order valence-corrected chi connectivity index (χ2v) is 6.68. The molecule has 136 valence electrons. The lowest BCUT2D eigenvalue weighted by Crippen LogP contribution is -2.33. The molecule has 0 spiro atoms. The molecule has 0 saturated heterocycles. The molecule has 0 aliphatic carbocycles. The van der Waals surface area contributed by atoms with Gasteiger partial charge in [0.15, 0.2) is 5.16 Å². The Morgan fingerprint density at radius 3 is 2.36 bits per heavy atom. The summed E-state index contributed by atoms with van der Waals surface area (Å²) in [6, 6.07) is 7.72. The summed E-state index contributed by atoms with van der Waals surface area (Å²) in [4.78, 5) is 14.4. The number of ether oxygens (including phenoxy) is 1. The summed E-state index contributed by atoms with van der Waals surface area (Å²) in [6.45, 7) is 7.69. The van der Waals surface area contributed by atoms with Crippen LogP contribution in [0.15, 0.2) is 29.4 Å². The number of benzene rings is 1. The van der Waals surface area contributed by atoms with Crippen molar-refractivity contribution in [3.63, 3.8) is 0 Å². The second-order valence-electron chi connectivity index (χ2n) is 5.73. The number of rotatable bonds is 9. The lowest BCUT2D eigenvalue weighted by Gasteiger charge is -2.21. The number of thioether (sulfide) groups is 1. The van der Waals surface area contributed by atoms with Crippen molar-refractivity contribution in [2.24, 2.45) is 0 Å². The van der Waals surface area contributed by atoms with Gasteiger partial charge >= 0.3 is 0 Å². The van der Waals surface area contributed by atoms with Gasteiger partial charge in [0.1, 0.15) is 11.6 Å². The van der Waals surface area contributed by atoms with E-state index in [4.69, 9.17) is 4.74 Å². The first-order valence-corrected chi connectivity index (χ1v) is 9.56. The molecule has 1 aromatic heterocycles. The molecule has 7 heteroatoms. The molecular formula is C18H26N4O2S. The fourth-order valence-corrected chi connectivity index (χ4v) is 3.48. The molecule has 1 aromatic carbocycles. The number of methoxy groups -OCH3 is 1. The van der Waals surface area contributed by atoms with Crippen molar-refractivity contribution >= 4 is 17.7 Å². The van der Waals surface area contributed by atoms with E-state index in [9.17, 15) is 4.79 Å². The summed E-state index contributed by atoms with van der Waals surface area (Å²) < 4.78 is 7.16. The summed E-state index contributed by atoms with van der Waals surface area (Å²) in [7, 11) is 1.64. The van der Waals surface area contributed by atoms with Crippen molar-refractivity contribution < 1.29 is 9.53 Å². The Labute approximate surface area is 153 Å². The minimum absolute atomic E-state index is 0.149. The average Bonchev–Trinajstić information content (AvgIpc) is 3.00. The van der Waals surface area contributed by atoms with Gasteiger partial charge in [-0.2, -0.15) is 0 Å². The molecule has 0 aliphatic rings. The normalized spacial score (nSPS) is 10.7. The topological polar surface area (TPSA) is 60.2 Å². The van der Waals surface area contributed by atoms with Gasteiger partial charge < -0.3 is 9.64 Å². The molecule has 1 amide bonds. The van der Waals surface area contributed by atoms with E-state index in [1.807, 2.05) is 40.7 Å². The van der Waals surface area contributed by atoms with Crippen LogP contribution >= 0.6 is 11.8 Å². The molecule has 25 heavy (non-hydrogen) atoms. The largest absolute Gasteiger partial charge is 0.497 e. The fourth-order valence-electron chi connectivity index (χ4n) is 2.58. The summed E-state index contributed by atoms with van der Waals surface area (Å²) in [5, 5.41) is 9.12. The van der Waals surface area contributed by atoms with Crippen LogP contribution in [0.2, 0.25) is 0 Å². The van der Waals surface area contributed by atoms with Crippen molar-refractivity contribution in [2.45, 2.75) is 38.8 Å². The minimum Gasteiger partial charge on any atom is -0.497 e. The van der Waals surface area contributed by atoms with Gasteiger partial charge in [-0.1, -0.05) is 25.6 Å². The summed E-state index contributed by atoms with van der Waals surface area (Å²) >= 11 is 1.43. The molecule has 0 saturated carbocycles. The van der Waals surface area contributed by atoms with E-state index in [1.54, 1.807) is 7.11 Å². The summed E-state index contributed by atoms with van der Waals surface area (Å²) in [6.07, 6.45) is 1.94. The first-order chi connectivity index (χ1) is 12.1. The highest BCUT2D eigenvalue weighted by Crippen LogP contribution is 2.23. The number of amides is 1. The zero-order valence-electron chi connectivity index (χ0n) is 15.4. The van der Waals surface area contributed by atoms with Crippen LogP contribution in [0.4, 0.5) is 0 Å². The Kier molecular flexibility index (Phi) is 7.31. The summed E-state index contributed by atoms with van der Waals surface area (Å²) in [5.74, 6) is 2.11. The van der Waals surface area contributed by atoms with Crippen LogP contribution in [0.3, 0.4) is 0 Å². The van der Waals surface area contributed by atoms with Gasteiger partial charge in [0.05, 0.1) is 12.9 Å². The highest BCUT2D eigenvalue weighted by atomic mass is 32.2. The Morgan fingerprint density at radius 2 is 1.80 bits per heavy atom. The number of nitrogens with zero attached hydrogens (tertiary/aromatic N) is 4. The third kappa shape index (κ3) is 4.98. The lowest BCUT2D eigenvalue weighted by atomic mass is 10.3. The Bertz CT molecular complexity index is 679. The van der Waals surface area contributed by atoms with Crippen LogP contribution in [0.25, 0.3) is 5.69 Å². The van der Waals surface area contributed by atoms with Crippen molar-refractivity contribution in [3.8, 4) is 11.4 Å². The van der Waals surface area contributed by atoms with Gasteiger partial charge in [-0.25, -0.2) is 0 Å². The van der Waals surface area contributed by atoms with E-state index in [1.165, 1.54) is 11.8 Å². The Hall–Kier alpha value is -2.02. The maximum Gasteiger partial charge on any atom is 0.233 e. The third-order valence-corrected chi connectivity index (χ3v) is 4.70. The Balaban J connectivity index is 2.11. The van der Waals surface area contributed by atoms with E-state index >= 15 is 0 Å². The number of aromatic nitrogens is 3. The maximum atomic E-state index is 12.5. The molecular weight excluding hydrogens is 336 g/mol. The van der Waals surface area contributed by atoms with Gasteiger partial charge in [0.25, 0.3) is 0 Å². The molecule has 0 unspecified atom stereocenters. The first-order valence-electron chi connectivity index (χ1n) is 8.57. The van der Waals surface area contributed by atoms with Crippen LogP contribution in [-0.2, 0) is 4.79 Å². The average molecular weight is 362 g/mol. The number of hydrogen-bond acceptors (Lipinski definition) is 5. The van der Waals surface area contributed by atoms with Crippen LogP contribution in [0.5, 0.6) is 5.75 Å². The predicted molar refractivity (Wildman–Crippen MR) is 101 cm³/mol. The van der Waals surface area contributed by atoms with E-state index in [2.05, 4.69) is 24.0 Å². The molecule has 0 atom stereocenters. The quantitative estimate of drug-likeness (QED) is 0.641. The standard InChI is InChI=1S/C18H26N4O2S/c1-5-11-21(12-6-2)17(23)13-25-18-20-19-14(3)22(18)15-7-9-16(24-4)10-8-15/h7-10H,5-6,11-13H2,1-4H3. The SMILES string of the molecule is CCCN(CCC)C(=O)CSc1nnc(C)n1-c1ccc(OC)cc1. The van der Waals surface area contributed by atoms with Crippen LogP contribution in [-0.4, -0.2) is 51.5 Å².